The van der Waals surface area contributed by atoms with Crippen LogP contribution in [0.15, 0.2) is 0 Å². The molecular weight excluding hydrogens is 511 g/mol. The van der Waals surface area contributed by atoms with Crippen molar-refractivity contribution in [1.29, 1.82) is 0 Å². The van der Waals surface area contributed by atoms with Crippen molar-refractivity contribution in [2.45, 2.75) is 45.3 Å². The van der Waals surface area contributed by atoms with E-state index in [1.54, 1.807) is 0 Å². The Balaban J connectivity index is 2.01. The van der Waals surface area contributed by atoms with Gasteiger partial charge in [0.05, 0.1) is 65.9 Å². The van der Waals surface area contributed by atoms with Gasteiger partial charge in [-0.15, -0.1) is 0 Å². The van der Waals surface area contributed by atoms with Crippen molar-refractivity contribution in [3.63, 3.8) is 0 Å². The lowest BCUT2D eigenvalue weighted by Gasteiger charge is -2.36. The van der Waals surface area contributed by atoms with Crippen LogP contribution in [0.5, 0.6) is 5.75 Å². The zero-order chi connectivity index (χ0) is 27.4. The molecule has 0 aliphatic rings. The minimum absolute atomic E-state index is 0.104. The van der Waals surface area contributed by atoms with Gasteiger partial charge in [-0.2, -0.15) is 8.78 Å². The van der Waals surface area contributed by atoms with Crippen molar-refractivity contribution in [2.75, 3.05) is 59.5 Å². The summed E-state index contributed by atoms with van der Waals surface area (Å²) in [6.45, 7) is 13.5. The highest BCUT2D eigenvalue weighted by Crippen LogP contribution is 2.36. The molecule has 0 aliphatic carbocycles. The average molecular weight is 547 g/mol. The zero-order valence-electron chi connectivity index (χ0n) is 21.3. The van der Waals surface area contributed by atoms with Crippen molar-refractivity contribution >= 4 is 14.3 Å². The molecule has 0 saturated heterocycles. The standard InChI is InChI=1S/C23H35F5O7Si/c1-23(2,3)36(4,5)34-15-14-33-13-12-32-11-10-31-9-8-30-7-6-16(29)35-22-20(27)18(25)17(24)19(26)21(22)28/h6-15H2,1-5H3. The second-order valence-corrected chi connectivity index (χ2v) is 14.0. The van der Waals surface area contributed by atoms with Gasteiger partial charge in [-0.05, 0) is 18.1 Å². The number of ether oxygens (including phenoxy) is 5. The first-order valence-corrected chi connectivity index (χ1v) is 14.4. The second kappa shape index (κ2) is 15.6. The number of halogens is 5. The summed E-state index contributed by atoms with van der Waals surface area (Å²) in [5, 5.41) is 0.156. The van der Waals surface area contributed by atoms with E-state index in [-0.39, 0.29) is 24.9 Å². The smallest absolute Gasteiger partial charge is 0.313 e. The minimum atomic E-state index is -2.34. The topological polar surface area (TPSA) is 72.5 Å². The summed E-state index contributed by atoms with van der Waals surface area (Å²) < 4.78 is 97.6. The van der Waals surface area contributed by atoms with E-state index < -0.39 is 55.5 Å². The van der Waals surface area contributed by atoms with Crippen LogP contribution >= 0.6 is 0 Å². The minimum Gasteiger partial charge on any atom is -0.420 e. The molecular formula is C23H35F5O7Si. The molecule has 0 radical (unpaired) electrons. The van der Waals surface area contributed by atoms with E-state index in [0.29, 0.717) is 39.6 Å². The molecule has 7 nitrogen and oxygen atoms in total. The molecule has 13 heteroatoms. The Bertz CT molecular complexity index is 805. The van der Waals surface area contributed by atoms with Crippen LogP contribution < -0.4 is 4.74 Å². The summed E-state index contributed by atoms with van der Waals surface area (Å²) >= 11 is 0. The summed E-state index contributed by atoms with van der Waals surface area (Å²) in [5.41, 5.74) is 0. The highest BCUT2D eigenvalue weighted by Gasteiger charge is 2.36. The lowest BCUT2D eigenvalue weighted by Crippen LogP contribution is -2.41. The molecule has 0 heterocycles. The van der Waals surface area contributed by atoms with Crippen LogP contribution in [0.3, 0.4) is 0 Å². The summed E-state index contributed by atoms with van der Waals surface area (Å²) in [7, 11) is -1.76. The average Bonchev–Trinajstić information content (AvgIpc) is 2.81. The first-order chi connectivity index (χ1) is 16.8. The van der Waals surface area contributed by atoms with Gasteiger partial charge in [-0.1, -0.05) is 20.8 Å². The molecule has 0 spiro atoms. The van der Waals surface area contributed by atoms with Gasteiger partial charge in [0.25, 0.3) is 0 Å². The SMILES string of the molecule is CC(C)(C)[Si](C)(C)OCCOCCOCCOCCOCCC(=O)Oc1c(F)c(F)c(F)c(F)c1F. The van der Waals surface area contributed by atoms with Crippen molar-refractivity contribution in [3.05, 3.63) is 29.1 Å². The predicted octanol–water partition coefficient (Wildman–Crippen LogP) is 4.77. The number of hydrogen-bond donors (Lipinski definition) is 0. The fourth-order valence-electron chi connectivity index (χ4n) is 2.33. The maximum absolute atomic E-state index is 13.5. The van der Waals surface area contributed by atoms with Crippen LogP contribution in [0, 0.1) is 29.1 Å². The van der Waals surface area contributed by atoms with Crippen molar-refractivity contribution in [2.24, 2.45) is 0 Å². The first kappa shape index (κ1) is 32.4. The fraction of sp³-hybridized carbons (Fsp3) is 0.696. The molecule has 208 valence electrons. The van der Waals surface area contributed by atoms with Gasteiger partial charge in [0, 0.05) is 0 Å². The van der Waals surface area contributed by atoms with Gasteiger partial charge in [-0.25, -0.2) is 13.2 Å². The van der Waals surface area contributed by atoms with E-state index in [1.165, 1.54) is 0 Å². The lowest BCUT2D eigenvalue weighted by molar-refractivity contribution is -0.136. The summed E-state index contributed by atoms with van der Waals surface area (Å²) in [6.07, 6.45) is -0.469. The van der Waals surface area contributed by atoms with Gasteiger partial charge >= 0.3 is 5.97 Å². The molecule has 1 aromatic rings. The molecule has 1 aromatic carbocycles. The summed E-state index contributed by atoms with van der Waals surface area (Å²) in [6, 6.07) is 0. The van der Waals surface area contributed by atoms with Crippen LogP contribution in [-0.4, -0.2) is 73.7 Å². The number of hydrogen-bond acceptors (Lipinski definition) is 7. The third kappa shape index (κ3) is 10.8. The van der Waals surface area contributed by atoms with Gasteiger partial charge in [-0.3, -0.25) is 4.79 Å². The van der Waals surface area contributed by atoms with Crippen LogP contribution in [0.2, 0.25) is 18.1 Å². The molecule has 1 rings (SSSR count). The molecule has 36 heavy (non-hydrogen) atoms. The maximum atomic E-state index is 13.5. The number of benzene rings is 1. The van der Waals surface area contributed by atoms with E-state index >= 15 is 0 Å². The van der Waals surface area contributed by atoms with Crippen LogP contribution in [-0.2, 0) is 28.2 Å². The Labute approximate surface area is 209 Å². The Morgan fingerprint density at radius 2 is 1.00 bits per heavy atom. The molecule has 0 unspecified atom stereocenters. The number of carbonyl (C=O) groups is 1. The normalized spacial score (nSPS) is 12.3. The largest absolute Gasteiger partial charge is 0.420 e. The molecule has 0 aliphatic heterocycles. The lowest BCUT2D eigenvalue weighted by atomic mass is 10.2. The fourth-order valence-corrected chi connectivity index (χ4v) is 3.36. The quantitative estimate of drug-likeness (QED) is 0.0530. The van der Waals surface area contributed by atoms with Gasteiger partial charge < -0.3 is 28.1 Å². The van der Waals surface area contributed by atoms with E-state index in [9.17, 15) is 26.7 Å². The molecule has 0 atom stereocenters. The number of esters is 1. The molecule has 0 saturated carbocycles. The third-order valence-electron chi connectivity index (χ3n) is 5.45. The Hall–Kier alpha value is -1.64. The number of rotatable bonds is 17. The van der Waals surface area contributed by atoms with Crippen molar-refractivity contribution < 1.29 is 54.9 Å². The van der Waals surface area contributed by atoms with E-state index in [1.807, 2.05) is 0 Å². The third-order valence-corrected chi connectivity index (χ3v) is 9.99. The highest BCUT2D eigenvalue weighted by atomic mass is 28.4. The molecule has 0 bridgehead atoms. The monoisotopic (exact) mass is 546 g/mol. The summed E-state index contributed by atoms with van der Waals surface area (Å²) in [4.78, 5) is 11.6. The Morgan fingerprint density at radius 1 is 0.639 bits per heavy atom. The van der Waals surface area contributed by atoms with E-state index in [0.717, 1.165) is 0 Å². The van der Waals surface area contributed by atoms with Gasteiger partial charge in [0.2, 0.25) is 34.8 Å². The zero-order valence-corrected chi connectivity index (χ0v) is 22.3. The number of carbonyl (C=O) groups excluding carboxylic acids is 1. The van der Waals surface area contributed by atoms with E-state index in [2.05, 4.69) is 38.6 Å². The summed E-state index contributed by atoms with van der Waals surface area (Å²) in [5.74, 6) is -14.1. The van der Waals surface area contributed by atoms with E-state index in [4.69, 9.17) is 23.4 Å². The Morgan fingerprint density at radius 3 is 1.42 bits per heavy atom. The highest BCUT2D eigenvalue weighted by molar-refractivity contribution is 6.74. The molecule has 0 aromatic heterocycles. The maximum Gasteiger partial charge on any atom is 0.313 e. The van der Waals surface area contributed by atoms with Crippen molar-refractivity contribution in [3.8, 4) is 5.75 Å². The first-order valence-electron chi connectivity index (χ1n) is 11.5. The molecule has 0 N–H and O–H groups in total. The van der Waals surface area contributed by atoms with Crippen LogP contribution in [0.4, 0.5) is 22.0 Å². The van der Waals surface area contributed by atoms with Crippen molar-refractivity contribution in [1.82, 2.24) is 0 Å². The van der Waals surface area contributed by atoms with Crippen LogP contribution in [0.25, 0.3) is 0 Å². The second-order valence-electron chi connectivity index (χ2n) is 9.18. The van der Waals surface area contributed by atoms with Gasteiger partial charge in [0.1, 0.15) is 0 Å². The molecule has 0 fully saturated rings. The Kier molecular flexibility index (Phi) is 14.0. The van der Waals surface area contributed by atoms with Crippen LogP contribution in [0.1, 0.15) is 27.2 Å². The molecule has 0 amide bonds. The predicted molar refractivity (Wildman–Crippen MR) is 123 cm³/mol. The van der Waals surface area contributed by atoms with Gasteiger partial charge in [0.15, 0.2) is 8.32 Å².